The van der Waals surface area contributed by atoms with E-state index in [2.05, 4.69) is 44.7 Å². The minimum absolute atomic E-state index is 0.112. The molecule has 1 fully saturated rings. The van der Waals surface area contributed by atoms with E-state index in [4.69, 9.17) is 11.6 Å². The van der Waals surface area contributed by atoms with Crippen LogP contribution in [0, 0.1) is 20.8 Å². The lowest BCUT2D eigenvalue weighted by Crippen LogP contribution is -2.39. The van der Waals surface area contributed by atoms with Crippen LogP contribution in [0.1, 0.15) is 53.8 Å². The summed E-state index contributed by atoms with van der Waals surface area (Å²) in [5.74, 6) is 0. The average molecular weight is 280 g/mol. The number of piperidine rings is 1. The fourth-order valence-corrected chi connectivity index (χ4v) is 3.93. The van der Waals surface area contributed by atoms with Gasteiger partial charge in [-0.15, -0.1) is 11.6 Å². The number of rotatable bonds is 3. The van der Waals surface area contributed by atoms with E-state index >= 15 is 0 Å². The summed E-state index contributed by atoms with van der Waals surface area (Å²) in [6.45, 7) is 11.0. The maximum absolute atomic E-state index is 6.73. The summed E-state index contributed by atoms with van der Waals surface area (Å²) in [5, 5.41) is 0.112. The summed E-state index contributed by atoms with van der Waals surface area (Å²) < 4.78 is 0. The Hall–Kier alpha value is -0.530. The largest absolute Gasteiger partial charge is 0.299 e. The molecule has 1 aliphatic rings. The van der Waals surface area contributed by atoms with E-state index in [1.54, 1.807) is 0 Å². The number of alkyl halides is 1. The van der Waals surface area contributed by atoms with Gasteiger partial charge in [-0.25, -0.2) is 0 Å². The van der Waals surface area contributed by atoms with Crippen LogP contribution in [0.2, 0.25) is 0 Å². The Morgan fingerprint density at radius 1 is 1.21 bits per heavy atom. The minimum atomic E-state index is 0.112. The van der Waals surface area contributed by atoms with Crippen molar-refractivity contribution in [1.82, 2.24) is 4.90 Å². The molecule has 0 aliphatic carbocycles. The fourth-order valence-electron chi connectivity index (χ4n) is 3.41. The highest BCUT2D eigenvalue weighted by Crippen LogP contribution is 2.30. The van der Waals surface area contributed by atoms with Gasteiger partial charge in [-0.2, -0.15) is 0 Å². The van der Waals surface area contributed by atoms with Crippen molar-refractivity contribution in [3.8, 4) is 0 Å². The number of hydrogen-bond donors (Lipinski definition) is 0. The van der Waals surface area contributed by atoms with Gasteiger partial charge >= 0.3 is 0 Å². The summed E-state index contributed by atoms with van der Waals surface area (Å²) in [7, 11) is 0. The minimum Gasteiger partial charge on any atom is -0.299 e. The third-order valence-electron chi connectivity index (χ3n) is 4.39. The maximum atomic E-state index is 6.73. The monoisotopic (exact) mass is 279 g/mol. The van der Waals surface area contributed by atoms with E-state index in [9.17, 15) is 0 Å². The van der Waals surface area contributed by atoms with Gasteiger partial charge in [0.15, 0.2) is 0 Å². The maximum Gasteiger partial charge on any atom is 0.0717 e. The molecule has 1 aromatic rings. The Morgan fingerprint density at radius 2 is 1.84 bits per heavy atom. The molecule has 0 aromatic heterocycles. The first-order chi connectivity index (χ1) is 8.99. The first-order valence-electron chi connectivity index (χ1n) is 7.45. The number of hydrogen-bond acceptors (Lipinski definition) is 1. The van der Waals surface area contributed by atoms with Crippen LogP contribution in [0.25, 0.3) is 0 Å². The number of benzene rings is 1. The average Bonchev–Trinajstić information content (AvgIpc) is 2.30. The molecule has 0 bridgehead atoms. The Balaban J connectivity index is 2.13. The third kappa shape index (κ3) is 3.52. The topological polar surface area (TPSA) is 3.24 Å². The molecule has 2 heteroatoms. The van der Waals surface area contributed by atoms with Crippen molar-refractivity contribution < 1.29 is 0 Å². The SMILES string of the molecule is Cc1cc(C)c(C(Cl)CN2CCCCC2C)c(C)c1. The summed E-state index contributed by atoms with van der Waals surface area (Å²) in [5.41, 5.74) is 5.34. The van der Waals surface area contributed by atoms with E-state index in [0.29, 0.717) is 6.04 Å². The van der Waals surface area contributed by atoms with Gasteiger partial charge in [-0.1, -0.05) is 24.1 Å². The number of halogens is 1. The molecule has 0 saturated carbocycles. The molecule has 1 heterocycles. The van der Waals surface area contributed by atoms with Crippen molar-refractivity contribution in [2.24, 2.45) is 0 Å². The van der Waals surface area contributed by atoms with E-state index in [0.717, 1.165) is 6.54 Å². The number of likely N-dealkylation sites (tertiary alicyclic amines) is 1. The molecule has 2 atom stereocenters. The molecule has 1 nitrogen and oxygen atoms in total. The van der Waals surface area contributed by atoms with Crippen LogP contribution in [0.4, 0.5) is 0 Å². The van der Waals surface area contributed by atoms with Crippen LogP contribution in [-0.4, -0.2) is 24.0 Å². The summed E-state index contributed by atoms with van der Waals surface area (Å²) in [6, 6.07) is 5.18. The van der Waals surface area contributed by atoms with E-state index < -0.39 is 0 Å². The lowest BCUT2D eigenvalue weighted by molar-refractivity contribution is 0.160. The lowest BCUT2D eigenvalue weighted by atomic mass is 9.96. The highest BCUT2D eigenvalue weighted by atomic mass is 35.5. The van der Waals surface area contributed by atoms with Gasteiger partial charge in [-0.3, -0.25) is 4.90 Å². The van der Waals surface area contributed by atoms with Crippen LogP contribution >= 0.6 is 11.6 Å². The van der Waals surface area contributed by atoms with Crippen LogP contribution in [0.3, 0.4) is 0 Å². The Labute approximate surface area is 123 Å². The van der Waals surface area contributed by atoms with Gasteiger partial charge < -0.3 is 0 Å². The van der Waals surface area contributed by atoms with E-state index in [-0.39, 0.29) is 5.38 Å². The van der Waals surface area contributed by atoms with Crippen LogP contribution < -0.4 is 0 Å². The summed E-state index contributed by atoms with van der Waals surface area (Å²) >= 11 is 6.73. The number of nitrogens with zero attached hydrogens (tertiary/aromatic N) is 1. The zero-order valence-electron chi connectivity index (χ0n) is 12.7. The predicted molar refractivity (Wildman–Crippen MR) is 84.1 cm³/mol. The van der Waals surface area contributed by atoms with Crippen molar-refractivity contribution in [3.63, 3.8) is 0 Å². The standard InChI is InChI=1S/C17H26ClN/c1-12-9-13(2)17(14(3)10-12)16(18)11-19-8-6-5-7-15(19)4/h9-10,15-16H,5-8,11H2,1-4H3. The molecule has 0 spiro atoms. The molecule has 2 unspecified atom stereocenters. The molecule has 0 radical (unpaired) electrons. The first-order valence-corrected chi connectivity index (χ1v) is 7.88. The van der Waals surface area contributed by atoms with Crippen molar-refractivity contribution in [3.05, 3.63) is 34.4 Å². The smallest absolute Gasteiger partial charge is 0.0717 e. The molecule has 1 saturated heterocycles. The van der Waals surface area contributed by atoms with Gasteiger partial charge in [0.1, 0.15) is 0 Å². The quantitative estimate of drug-likeness (QED) is 0.721. The van der Waals surface area contributed by atoms with Crippen LogP contribution in [0.15, 0.2) is 12.1 Å². The highest BCUT2D eigenvalue weighted by molar-refractivity contribution is 6.21. The predicted octanol–water partition coefficient (Wildman–Crippen LogP) is 4.77. The highest BCUT2D eigenvalue weighted by Gasteiger charge is 2.23. The molecule has 0 N–H and O–H groups in total. The van der Waals surface area contributed by atoms with Crippen molar-refractivity contribution in [2.45, 2.75) is 58.4 Å². The number of aryl methyl sites for hydroxylation is 3. The molecule has 1 aliphatic heterocycles. The summed E-state index contributed by atoms with van der Waals surface area (Å²) in [6.07, 6.45) is 4.00. The molecular formula is C17H26ClN. The zero-order valence-corrected chi connectivity index (χ0v) is 13.4. The second-order valence-corrected chi connectivity index (χ2v) is 6.65. The van der Waals surface area contributed by atoms with Gasteiger partial charge in [0.2, 0.25) is 0 Å². The third-order valence-corrected chi connectivity index (χ3v) is 4.74. The second kappa shape index (κ2) is 6.28. The van der Waals surface area contributed by atoms with Crippen molar-refractivity contribution in [1.29, 1.82) is 0 Å². The van der Waals surface area contributed by atoms with Gasteiger partial charge in [0.05, 0.1) is 5.38 Å². The second-order valence-electron chi connectivity index (χ2n) is 6.12. The van der Waals surface area contributed by atoms with E-state index in [1.807, 2.05) is 0 Å². The first kappa shape index (κ1) is 14.9. The van der Waals surface area contributed by atoms with E-state index in [1.165, 1.54) is 48.1 Å². The lowest BCUT2D eigenvalue weighted by Gasteiger charge is -2.35. The normalized spacial score (nSPS) is 22.5. The zero-order chi connectivity index (χ0) is 14.0. The molecule has 0 amide bonds. The van der Waals surface area contributed by atoms with Crippen molar-refractivity contribution in [2.75, 3.05) is 13.1 Å². The fraction of sp³-hybridized carbons (Fsp3) is 0.647. The van der Waals surface area contributed by atoms with Crippen LogP contribution in [0.5, 0.6) is 0 Å². The van der Waals surface area contributed by atoms with Gasteiger partial charge in [0.25, 0.3) is 0 Å². The molecule has 106 valence electrons. The van der Waals surface area contributed by atoms with Gasteiger partial charge in [-0.05, 0) is 63.8 Å². The Kier molecular flexibility index (Phi) is 4.92. The molecule has 1 aromatic carbocycles. The van der Waals surface area contributed by atoms with Gasteiger partial charge in [0, 0.05) is 12.6 Å². The Bertz CT molecular complexity index is 418. The van der Waals surface area contributed by atoms with Crippen molar-refractivity contribution >= 4 is 11.6 Å². The Morgan fingerprint density at radius 3 is 2.42 bits per heavy atom. The molecular weight excluding hydrogens is 254 g/mol. The summed E-state index contributed by atoms with van der Waals surface area (Å²) in [4.78, 5) is 2.56. The molecule has 19 heavy (non-hydrogen) atoms. The van der Waals surface area contributed by atoms with Crippen LogP contribution in [-0.2, 0) is 0 Å². The molecule has 2 rings (SSSR count).